The normalized spacial score (nSPS) is 16.0. The molecule has 4 rings (SSSR count). The first-order valence-corrected chi connectivity index (χ1v) is 12.2. The van der Waals surface area contributed by atoms with E-state index >= 15 is 0 Å². The van der Waals surface area contributed by atoms with E-state index in [0.717, 1.165) is 50.0 Å². The van der Waals surface area contributed by atoms with Gasteiger partial charge in [-0.2, -0.15) is 0 Å². The van der Waals surface area contributed by atoms with Crippen molar-refractivity contribution in [2.45, 2.75) is 32.7 Å². The summed E-state index contributed by atoms with van der Waals surface area (Å²) in [5, 5.41) is 3.15. The maximum atomic E-state index is 12.8. The van der Waals surface area contributed by atoms with Gasteiger partial charge in [-0.3, -0.25) is 4.79 Å². The largest absolute Gasteiger partial charge is 0.356 e. The highest BCUT2D eigenvalue weighted by molar-refractivity contribution is 5.79. The molecule has 1 amide bonds. The van der Waals surface area contributed by atoms with Gasteiger partial charge in [-0.15, -0.1) is 0 Å². The van der Waals surface area contributed by atoms with E-state index in [2.05, 4.69) is 87.6 Å². The second kappa shape index (κ2) is 11.7. The van der Waals surface area contributed by atoms with E-state index in [1.54, 1.807) is 0 Å². The molecule has 0 bridgehead atoms. The summed E-state index contributed by atoms with van der Waals surface area (Å²) < 4.78 is 0. The van der Waals surface area contributed by atoms with Crippen LogP contribution >= 0.6 is 0 Å². The van der Waals surface area contributed by atoms with Crippen LogP contribution in [0.1, 0.15) is 30.4 Å². The van der Waals surface area contributed by atoms with Crippen LogP contribution < -0.4 is 10.2 Å². The van der Waals surface area contributed by atoms with E-state index in [1.165, 1.54) is 11.1 Å². The molecule has 1 fully saturated rings. The van der Waals surface area contributed by atoms with Crippen LogP contribution in [0, 0.1) is 12.8 Å². The number of aromatic nitrogens is 2. The van der Waals surface area contributed by atoms with E-state index in [9.17, 15) is 4.79 Å². The second-order valence-corrected chi connectivity index (χ2v) is 9.29. The van der Waals surface area contributed by atoms with Crippen molar-refractivity contribution in [3.63, 3.8) is 0 Å². The Balaban J connectivity index is 1.22. The van der Waals surface area contributed by atoms with Gasteiger partial charge in [0, 0.05) is 44.1 Å². The molecule has 0 spiro atoms. The predicted octanol–water partition coefficient (Wildman–Crippen LogP) is 4.31. The van der Waals surface area contributed by atoms with E-state index in [4.69, 9.17) is 0 Å². The first kappa shape index (κ1) is 23.9. The highest BCUT2D eigenvalue weighted by atomic mass is 16.1. The molecule has 0 saturated carbocycles. The van der Waals surface area contributed by atoms with Crippen LogP contribution in [-0.4, -0.2) is 54.0 Å². The molecule has 2 heterocycles. The van der Waals surface area contributed by atoms with Gasteiger partial charge in [-0.1, -0.05) is 60.2 Å². The molecule has 1 aromatic heterocycles. The van der Waals surface area contributed by atoms with Crippen LogP contribution in [0.5, 0.6) is 0 Å². The molecular weight excluding hydrogens is 422 g/mol. The molecule has 178 valence electrons. The maximum absolute atomic E-state index is 12.8. The predicted molar refractivity (Wildman–Crippen MR) is 138 cm³/mol. The van der Waals surface area contributed by atoms with Gasteiger partial charge in [-0.25, -0.2) is 9.97 Å². The van der Waals surface area contributed by atoms with Crippen LogP contribution in [0.25, 0.3) is 11.1 Å². The summed E-state index contributed by atoms with van der Waals surface area (Å²) >= 11 is 0. The van der Waals surface area contributed by atoms with Crippen molar-refractivity contribution in [1.29, 1.82) is 0 Å². The molecule has 1 saturated heterocycles. The zero-order chi connectivity index (χ0) is 23.8. The Hall–Kier alpha value is -3.25. The van der Waals surface area contributed by atoms with E-state index in [0.29, 0.717) is 19.0 Å². The number of carbonyl (C=O) groups excluding carboxylic acids is 1. The van der Waals surface area contributed by atoms with Crippen LogP contribution in [-0.2, 0) is 11.3 Å². The Labute approximate surface area is 203 Å². The third-order valence-electron chi connectivity index (χ3n) is 6.41. The van der Waals surface area contributed by atoms with Crippen LogP contribution in [0.4, 0.5) is 5.95 Å². The number of piperidine rings is 1. The highest BCUT2D eigenvalue weighted by Crippen LogP contribution is 2.23. The van der Waals surface area contributed by atoms with Crippen molar-refractivity contribution in [1.82, 2.24) is 20.2 Å². The summed E-state index contributed by atoms with van der Waals surface area (Å²) in [7, 11) is 2.12. The fraction of sp³-hybridized carbons (Fsp3) is 0.393. The molecule has 0 radical (unpaired) electrons. The number of carbonyl (C=O) groups is 1. The third-order valence-corrected chi connectivity index (χ3v) is 6.41. The number of hydrogen-bond acceptors (Lipinski definition) is 5. The average Bonchev–Trinajstić information content (AvgIpc) is 2.88. The summed E-state index contributed by atoms with van der Waals surface area (Å²) in [4.78, 5) is 26.4. The summed E-state index contributed by atoms with van der Waals surface area (Å²) in [5.74, 6) is 0.832. The lowest BCUT2D eigenvalue weighted by molar-refractivity contribution is -0.125. The number of amides is 1. The standard InChI is InChI=1S/C28H35N5O/c1-22-11-13-24(14-12-22)26-18-30-28(31-19-26)33-17-6-10-25(21-33)27(34)29-15-7-16-32(2)20-23-8-4-3-5-9-23/h3-5,8-9,11-14,18-19,25H,6-7,10,15-17,20-21H2,1-2H3,(H,29,34). The van der Waals surface area contributed by atoms with Gasteiger partial charge in [0.25, 0.3) is 0 Å². The molecule has 6 heteroatoms. The second-order valence-electron chi connectivity index (χ2n) is 9.29. The number of rotatable bonds is 9. The first-order chi connectivity index (χ1) is 16.6. The molecular formula is C28H35N5O. The third kappa shape index (κ3) is 6.64. The van der Waals surface area contributed by atoms with E-state index < -0.39 is 0 Å². The molecule has 6 nitrogen and oxygen atoms in total. The van der Waals surface area contributed by atoms with Crippen LogP contribution in [0.2, 0.25) is 0 Å². The average molecular weight is 458 g/mol. The summed E-state index contributed by atoms with van der Waals surface area (Å²) in [5.41, 5.74) is 4.67. The molecule has 3 aromatic rings. The lowest BCUT2D eigenvalue weighted by Crippen LogP contribution is -2.44. The molecule has 1 unspecified atom stereocenters. The molecule has 0 aliphatic carbocycles. The number of nitrogens with zero attached hydrogens (tertiary/aromatic N) is 4. The van der Waals surface area contributed by atoms with Crippen LogP contribution in [0.3, 0.4) is 0 Å². The zero-order valence-corrected chi connectivity index (χ0v) is 20.3. The van der Waals surface area contributed by atoms with Crippen molar-refractivity contribution in [2.24, 2.45) is 5.92 Å². The Kier molecular flexibility index (Phi) is 8.26. The SMILES string of the molecule is Cc1ccc(-c2cnc(N3CCCC(C(=O)NCCCN(C)Cc4ccccc4)C3)nc2)cc1. The topological polar surface area (TPSA) is 61.4 Å². The van der Waals surface area contributed by atoms with Crippen molar-refractivity contribution in [2.75, 3.05) is 38.1 Å². The highest BCUT2D eigenvalue weighted by Gasteiger charge is 2.27. The van der Waals surface area contributed by atoms with Crippen molar-refractivity contribution in [3.05, 3.63) is 78.1 Å². The smallest absolute Gasteiger partial charge is 0.225 e. The fourth-order valence-electron chi connectivity index (χ4n) is 4.43. The Morgan fingerprint density at radius 3 is 2.53 bits per heavy atom. The zero-order valence-electron chi connectivity index (χ0n) is 20.3. The molecule has 1 aliphatic rings. The van der Waals surface area contributed by atoms with Gasteiger partial charge >= 0.3 is 0 Å². The first-order valence-electron chi connectivity index (χ1n) is 12.2. The van der Waals surface area contributed by atoms with Crippen molar-refractivity contribution < 1.29 is 4.79 Å². The van der Waals surface area contributed by atoms with Crippen molar-refractivity contribution >= 4 is 11.9 Å². The van der Waals surface area contributed by atoms with Gasteiger partial charge in [0.2, 0.25) is 11.9 Å². The molecule has 1 atom stereocenters. The molecule has 2 aromatic carbocycles. The number of anilines is 1. The number of hydrogen-bond donors (Lipinski definition) is 1. The minimum atomic E-state index is -0.0174. The van der Waals surface area contributed by atoms with Gasteiger partial charge in [0.05, 0.1) is 5.92 Å². The summed E-state index contributed by atoms with van der Waals surface area (Å²) in [6.45, 7) is 6.22. The Bertz CT molecular complexity index is 1040. The number of aryl methyl sites for hydroxylation is 1. The van der Waals surface area contributed by atoms with Gasteiger partial charge in [0.15, 0.2) is 0 Å². The minimum absolute atomic E-state index is 0.0174. The quantitative estimate of drug-likeness (QED) is 0.485. The molecule has 34 heavy (non-hydrogen) atoms. The summed E-state index contributed by atoms with van der Waals surface area (Å²) in [6, 6.07) is 18.8. The van der Waals surface area contributed by atoms with Gasteiger partial charge in [-0.05, 0) is 50.9 Å². The molecule has 1 N–H and O–H groups in total. The van der Waals surface area contributed by atoms with Crippen molar-refractivity contribution in [3.8, 4) is 11.1 Å². The minimum Gasteiger partial charge on any atom is -0.356 e. The number of nitrogens with one attached hydrogen (secondary N) is 1. The summed E-state index contributed by atoms with van der Waals surface area (Å²) in [6.07, 6.45) is 6.58. The molecule has 1 aliphatic heterocycles. The maximum Gasteiger partial charge on any atom is 0.225 e. The number of benzene rings is 2. The Morgan fingerprint density at radius 2 is 1.79 bits per heavy atom. The monoisotopic (exact) mass is 457 g/mol. The fourth-order valence-corrected chi connectivity index (χ4v) is 4.43. The Morgan fingerprint density at radius 1 is 1.06 bits per heavy atom. The van der Waals surface area contributed by atoms with E-state index in [-0.39, 0.29) is 11.8 Å². The van der Waals surface area contributed by atoms with Crippen LogP contribution in [0.15, 0.2) is 67.0 Å². The van der Waals surface area contributed by atoms with Gasteiger partial charge < -0.3 is 15.1 Å². The lowest BCUT2D eigenvalue weighted by atomic mass is 9.97. The van der Waals surface area contributed by atoms with E-state index in [1.807, 2.05) is 18.5 Å². The van der Waals surface area contributed by atoms with Gasteiger partial charge in [0.1, 0.15) is 0 Å². The lowest BCUT2D eigenvalue weighted by Gasteiger charge is -2.32.